The molecule has 1 aromatic carbocycles. The van der Waals surface area contributed by atoms with Gasteiger partial charge >= 0.3 is 6.61 Å². The van der Waals surface area contributed by atoms with Crippen LogP contribution >= 0.6 is 0 Å². The summed E-state index contributed by atoms with van der Waals surface area (Å²) in [6.07, 6.45) is 7.14. The van der Waals surface area contributed by atoms with E-state index in [-0.39, 0.29) is 17.1 Å². The number of rotatable bonds is 5. The number of halogens is 2. The molecule has 1 aromatic rings. The molecule has 5 heteroatoms. The summed E-state index contributed by atoms with van der Waals surface area (Å²) in [4.78, 5) is 15.0. The Labute approximate surface area is 147 Å². The summed E-state index contributed by atoms with van der Waals surface area (Å²) >= 11 is 0. The molecule has 5 rings (SSSR count). The summed E-state index contributed by atoms with van der Waals surface area (Å²) in [6.45, 7) is -2.30. The summed E-state index contributed by atoms with van der Waals surface area (Å²) in [5.74, 6) is 2.66. The van der Waals surface area contributed by atoms with Crippen molar-refractivity contribution in [2.24, 2.45) is 23.2 Å². The number of hydrogen-bond acceptors (Lipinski definition) is 2. The van der Waals surface area contributed by atoms with E-state index in [0.29, 0.717) is 6.54 Å². The quantitative estimate of drug-likeness (QED) is 0.785. The van der Waals surface area contributed by atoms with Gasteiger partial charge in [0.1, 0.15) is 5.75 Å². The Balaban J connectivity index is 1.42. The molecule has 0 unspecified atom stereocenters. The molecule has 4 aliphatic carbocycles. The molecule has 0 N–H and O–H groups in total. The van der Waals surface area contributed by atoms with Gasteiger partial charge < -0.3 is 9.64 Å². The van der Waals surface area contributed by atoms with Crippen molar-refractivity contribution in [1.82, 2.24) is 4.90 Å². The third-order valence-corrected chi connectivity index (χ3v) is 6.41. The first-order valence-corrected chi connectivity index (χ1v) is 9.23. The molecule has 4 aliphatic rings. The van der Waals surface area contributed by atoms with Crippen molar-refractivity contribution in [2.75, 3.05) is 7.05 Å². The van der Waals surface area contributed by atoms with Gasteiger partial charge in [0.15, 0.2) is 0 Å². The van der Waals surface area contributed by atoms with Gasteiger partial charge in [0.05, 0.1) is 5.41 Å². The lowest BCUT2D eigenvalue weighted by Crippen LogP contribution is -2.53. The first-order chi connectivity index (χ1) is 11.9. The summed E-state index contributed by atoms with van der Waals surface area (Å²) in [5.41, 5.74) is 0.796. The Morgan fingerprint density at radius 3 is 2.12 bits per heavy atom. The molecule has 4 saturated carbocycles. The summed E-state index contributed by atoms with van der Waals surface area (Å²) in [5, 5.41) is 0. The molecule has 136 valence electrons. The fourth-order valence-electron chi connectivity index (χ4n) is 5.90. The number of ether oxygens (including phenoxy) is 1. The first kappa shape index (κ1) is 16.8. The van der Waals surface area contributed by atoms with Gasteiger partial charge in [-0.1, -0.05) is 12.1 Å². The minimum atomic E-state index is -2.81. The van der Waals surface area contributed by atoms with E-state index in [1.807, 2.05) is 11.9 Å². The van der Waals surface area contributed by atoms with E-state index in [2.05, 4.69) is 4.74 Å². The van der Waals surface area contributed by atoms with Crippen molar-refractivity contribution in [3.63, 3.8) is 0 Å². The normalized spacial score (nSPS) is 32.9. The fourth-order valence-corrected chi connectivity index (χ4v) is 5.90. The van der Waals surface area contributed by atoms with Gasteiger partial charge in [0, 0.05) is 13.6 Å². The molecule has 0 heterocycles. The zero-order valence-corrected chi connectivity index (χ0v) is 14.6. The van der Waals surface area contributed by atoms with Crippen LogP contribution in [0.4, 0.5) is 8.78 Å². The van der Waals surface area contributed by atoms with Crippen LogP contribution in [0.5, 0.6) is 5.75 Å². The minimum absolute atomic E-state index is 0.137. The van der Waals surface area contributed by atoms with Gasteiger partial charge in [-0.25, -0.2) is 0 Å². The molecule has 25 heavy (non-hydrogen) atoms. The van der Waals surface area contributed by atoms with Crippen molar-refractivity contribution in [3.05, 3.63) is 29.8 Å². The van der Waals surface area contributed by atoms with E-state index in [1.165, 1.54) is 31.4 Å². The summed E-state index contributed by atoms with van der Waals surface area (Å²) < 4.78 is 28.8. The van der Waals surface area contributed by atoms with Crippen LogP contribution < -0.4 is 4.74 Å². The highest BCUT2D eigenvalue weighted by atomic mass is 19.3. The van der Waals surface area contributed by atoms with Crippen molar-refractivity contribution < 1.29 is 18.3 Å². The maximum Gasteiger partial charge on any atom is 0.387 e. The third-order valence-electron chi connectivity index (χ3n) is 6.41. The van der Waals surface area contributed by atoms with E-state index in [4.69, 9.17) is 0 Å². The van der Waals surface area contributed by atoms with Crippen LogP contribution in [0, 0.1) is 23.2 Å². The number of hydrogen-bond donors (Lipinski definition) is 0. The van der Waals surface area contributed by atoms with Gasteiger partial charge in [-0.3, -0.25) is 4.79 Å². The first-order valence-electron chi connectivity index (χ1n) is 9.23. The lowest BCUT2D eigenvalue weighted by atomic mass is 9.49. The third kappa shape index (κ3) is 3.25. The van der Waals surface area contributed by atoms with Crippen LogP contribution in [0.1, 0.15) is 44.1 Å². The Kier molecular flexibility index (Phi) is 4.20. The van der Waals surface area contributed by atoms with Gasteiger partial charge in [0.25, 0.3) is 0 Å². The smallest absolute Gasteiger partial charge is 0.387 e. The van der Waals surface area contributed by atoms with Gasteiger partial charge in [0.2, 0.25) is 5.91 Å². The molecule has 1 amide bonds. The molecule has 3 nitrogen and oxygen atoms in total. The van der Waals surface area contributed by atoms with Crippen molar-refractivity contribution in [2.45, 2.75) is 51.7 Å². The van der Waals surface area contributed by atoms with Crippen LogP contribution in [0.15, 0.2) is 24.3 Å². The number of alkyl halides is 2. The Bertz CT molecular complexity index is 608. The Morgan fingerprint density at radius 1 is 1.12 bits per heavy atom. The Morgan fingerprint density at radius 2 is 1.64 bits per heavy atom. The molecule has 0 atom stereocenters. The van der Waals surface area contributed by atoms with Crippen LogP contribution in [0.3, 0.4) is 0 Å². The van der Waals surface area contributed by atoms with E-state index in [1.54, 1.807) is 12.1 Å². The Hall–Kier alpha value is -1.65. The second-order valence-corrected chi connectivity index (χ2v) is 8.38. The average molecular weight is 349 g/mol. The fraction of sp³-hybridized carbons (Fsp3) is 0.650. The standard InChI is InChI=1S/C20H25F2NO2/c1-23(12-13-2-4-17(5-3-13)25-19(21)22)18(24)20-9-14-6-15(10-20)8-16(7-14)11-20/h2-5,14-16,19H,6-12H2,1H3. The van der Waals surface area contributed by atoms with Gasteiger partial charge in [-0.15, -0.1) is 0 Å². The summed E-state index contributed by atoms with van der Waals surface area (Å²) in [6, 6.07) is 6.57. The number of carbonyl (C=O) groups excluding carboxylic acids is 1. The molecular weight excluding hydrogens is 324 g/mol. The van der Waals surface area contributed by atoms with Crippen LogP contribution in [0.2, 0.25) is 0 Å². The second kappa shape index (κ2) is 6.26. The van der Waals surface area contributed by atoms with E-state index >= 15 is 0 Å². The molecule has 0 aromatic heterocycles. The SMILES string of the molecule is CN(Cc1ccc(OC(F)F)cc1)C(=O)C12CC3CC(CC(C3)C1)C2. The maximum atomic E-state index is 13.2. The molecular formula is C20H25F2NO2. The van der Waals surface area contributed by atoms with Gasteiger partial charge in [-0.2, -0.15) is 8.78 Å². The molecule has 4 bridgehead atoms. The van der Waals surface area contributed by atoms with Crippen LogP contribution in [0.25, 0.3) is 0 Å². The predicted molar refractivity (Wildman–Crippen MR) is 90.2 cm³/mol. The molecule has 0 aliphatic heterocycles. The van der Waals surface area contributed by atoms with Crippen molar-refractivity contribution >= 4 is 5.91 Å². The zero-order chi connectivity index (χ0) is 17.6. The largest absolute Gasteiger partial charge is 0.435 e. The van der Waals surface area contributed by atoms with Crippen LogP contribution in [-0.4, -0.2) is 24.5 Å². The minimum Gasteiger partial charge on any atom is -0.435 e. The number of carbonyl (C=O) groups is 1. The monoisotopic (exact) mass is 349 g/mol. The molecule has 0 saturated heterocycles. The van der Waals surface area contributed by atoms with Crippen LogP contribution in [-0.2, 0) is 11.3 Å². The number of amides is 1. The molecule has 0 spiro atoms. The predicted octanol–water partition coefficient (Wildman–Crippen LogP) is 4.46. The highest BCUT2D eigenvalue weighted by Crippen LogP contribution is 2.60. The van der Waals surface area contributed by atoms with E-state index < -0.39 is 6.61 Å². The maximum absolute atomic E-state index is 13.2. The average Bonchev–Trinajstić information content (AvgIpc) is 2.54. The molecule has 4 fully saturated rings. The zero-order valence-electron chi connectivity index (χ0n) is 14.6. The number of benzene rings is 1. The van der Waals surface area contributed by atoms with E-state index in [0.717, 1.165) is 42.6 Å². The van der Waals surface area contributed by atoms with Gasteiger partial charge in [-0.05, 0) is 74.0 Å². The molecule has 0 radical (unpaired) electrons. The lowest BCUT2D eigenvalue weighted by Gasteiger charge is -2.56. The van der Waals surface area contributed by atoms with E-state index in [9.17, 15) is 13.6 Å². The topological polar surface area (TPSA) is 29.5 Å². The second-order valence-electron chi connectivity index (χ2n) is 8.38. The highest BCUT2D eigenvalue weighted by Gasteiger charge is 2.55. The highest BCUT2D eigenvalue weighted by molar-refractivity contribution is 5.83. The summed E-state index contributed by atoms with van der Waals surface area (Å²) in [7, 11) is 1.87. The number of nitrogens with zero attached hydrogens (tertiary/aromatic N) is 1. The van der Waals surface area contributed by atoms with Crippen molar-refractivity contribution in [1.29, 1.82) is 0 Å². The van der Waals surface area contributed by atoms with Crippen molar-refractivity contribution in [3.8, 4) is 5.75 Å². The lowest BCUT2D eigenvalue weighted by molar-refractivity contribution is -0.156.